The van der Waals surface area contributed by atoms with Gasteiger partial charge in [-0.05, 0) is 20.8 Å². The Kier molecular flexibility index (Phi) is 4.60. The zero-order valence-electron chi connectivity index (χ0n) is 7.02. The monoisotopic (exact) mass is 147 g/mol. The zero-order chi connectivity index (χ0) is 8.04. The Morgan fingerprint density at radius 1 is 1.30 bits per heavy atom. The molecule has 2 N–H and O–H groups in total. The summed E-state index contributed by atoms with van der Waals surface area (Å²) in [6.45, 7) is 7.45. The third kappa shape index (κ3) is 4.73. The first-order valence-corrected chi connectivity index (χ1v) is 3.60. The van der Waals surface area contributed by atoms with Crippen LogP contribution in [0.25, 0.3) is 0 Å². The van der Waals surface area contributed by atoms with E-state index in [-0.39, 0.29) is 0 Å². The van der Waals surface area contributed by atoms with Gasteiger partial charge in [0.2, 0.25) is 0 Å². The topological polar surface area (TPSA) is 44.5 Å². The maximum Gasteiger partial charge on any atom is 0.162 e. The molecule has 0 spiro atoms. The van der Waals surface area contributed by atoms with Crippen LogP contribution in [-0.4, -0.2) is 25.5 Å². The minimum atomic E-state index is -0.478. The van der Waals surface area contributed by atoms with Crippen molar-refractivity contribution in [3.63, 3.8) is 0 Å². The highest BCUT2D eigenvalue weighted by Gasteiger charge is 2.16. The Bertz CT molecular complexity index is 83.7. The Morgan fingerprint density at radius 2 is 1.90 bits per heavy atom. The van der Waals surface area contributed by atoms with Crippen molar-refractivity contribution in [1.82, 2.24) is 0 Å². The van der Waals surface area contributed by atoms with Gasteiger partial charge in [0.25, 0.3) is 0 Å². The normalized spacial score (nSPS) is 12.0. The minimum Gasteiger partial charge on any atom is -0.351 e. The lowest BCUT2D eigenvalue weighted by Gasteiger charge is -2.24. The molecule has 0 saturated heterocycles. The summed E-state index contributed by atoms with van der Waals surface area (Å²) in [7, 11) is 0. The van der Waals surface area contributed by atoms with Crippen molar-refractivity contribution >= 4 is 0 Å². The van der Waals surface area contributed by atoms with E-state index in [1.807, 2.05) is 20.8 Å². The van der Waals surface area contributed by atoms with Gasteiger partial charge in [0, 0.05) is 13.2 Å². The van der Waals surface area contributed by atoms with Crippen LogP contribution in [0.4, 0.5) is 0 Å². The van der Waals surface area contributed by atoms with Gasteiger partial charge in [-0.2, -0.15) is 0 Å². The van der Waals surface area contributed by atoms with Crippen molar-refractivity contribution in [3.05, 3.63) is 0 Å². The van der Waals surface area contributed by atoms with Gasteiger partial charge in [-0.1, -0.05) is 0 Å². The molecule has 3 heteroatoms. The Labute approximate surface area is 62.5 Å². The summed E-state index contributed by atoms with van der Waals surface area (Å²) < 4.78 is 10.5. The fraction of sp³-hybridized carbons (Fsp3) is 1.00. The third-order valence-electron chi connectivity index (χ3n) is 1.06. The predicted octanol–water partition coefficient (Wildman–Crippen LogP) is 0.734. The lowest BCUT2D eigenvalue weighted by atomic mass is 10.4. The van der Waals surface area contributed by atoms with E-state index in [1.165, 1.54) is 0 Å². The molecule has 0 heterocycles. The summed E-state index contributed by atoms with van der Waals surface area (Å²) >= 11 is 0. The van der Waals surface area contributed by atoms with Crippen LogP contribution in [0, 0.1) is 0 Å². The molecule has 0 aromatic rings. The average Bonchev–Trinajstić information content (AvgIpc) is 1.84. The fourth-order valence-corrected chi connectivity index (χ4v) is 0.694. The van der Waals surface area contributed by atoms with Crippen molar-refractivity contribution in [2.45, 2.75) is 26.6 Å². The van der Waals surface area contributed by atoms with Crippen molar-refractivity contribution in [2.75, 3.05) is 19.8 Å². The zero-order valence-corrected chi connectivity index (χ0v) is 7.02. The van der Waals surface area contributed by atoms with Crippen LogP contribution in [-0.2, 0) is 9.47 Å². The largest absolute Gasteiger partial charge is 0.351 e. The van der Waals surface area contributed by atoms with E-state index >= 15 is 0 Å². The summed E-state index contributed by atoms with van der Waals surface area (Å²) in [6, 6.07) is 0. The first kappa shape index (κ1) is 9.88. The first-order valence-electron chi connectivity index (χ1n) is 3.60. The molecular weight excluding hydrogens is 130 g/mol. The standard InChI is InChI=1S/C7H17NO2/c1-4-9-7(2,3)10-6-5-8/h4-6,8H2,1-3H3. The highest BCUT2D eigenvalue weighted by Crippen LogP contribution is 2.09. The molecule has 0 amide bonds. The molecule has 0 rings (SSSR count). The quantitative estimate of drug-likeness (QED) is 0.583. The summed E-state index contributed by atoms with van der Waals surface area (Å²) in [5, 5.41) is 0. The first-order chi connectivity index (χ1) is 4.62. The molecule has 0 aliphatic heterocycles. The molecule has 0 bridgehead atoms. The molecule has 62 valence electrons. The molecule has 0 aliphatic carbocycles. The summed E-state index contributed by atoms with van der Waals surface area (Å²) in [4.78, 5) is 0. The maximum atomic E-state index is 5.27. The molecule has 0 aromatic carbocycles. The molecule has 3 nitrogen and oxygen atoms in total. The van der Waals surface area contributed by atoms with Gasteiger partial charge in [0.1, 0.15) is 0 Å². The second-order valence-corrected chi connectivity index (χ2v) is 2.47. The molecule has 0 fully saturated rings. The van der Waals surface area contributed by atoms with Gasteiger partial charge >= 0.3 is 0 Å². The molecule has 0 unspecified atom stereocenters. The highest BCUT2D eigenvalue weighted by atomic mass is 16.7. The van der Waals surface area contributed by atoms with Crippen LogP contribution >= 0.6 is 0 Å². The Morgan fingerprint density at radius 3 is 2.30 bits per heavy atom. The second kappa shape index (κ2) is 4.66. The summed E-state index contributed by atoms with van der Waals surface area (Å²) in [6.07, 6.45) is 0. The SMILES string of the molecule is CCOC(C)(C)OCCN. The van der Waals surface area contributed by atoms with E-state index in [9.17, 15) is 0 Å². The van der Waals surface area contributed by atoms with Gasteiger partial charge in [0.05, 0.1) is 6.61 Å². The molecular formula is C7H17NO2. The van der Waals surface area contributed by atoms with E-state index in [4.69, 9.17) is 15.2 Å². The van der Waals surface area contributed by atoms with E-state index < -0.39 is 5.79 Å². The lowest BCUT2D eigenvalue weighted by molar-refractivity contribution is -0.208. The highest BCUT2D eigenvalue weighted by molar-refractivity contribution is 4.52. The number of rotatable bonds is 5. The number of hydrogen-bond acceptors (Lipinski definition) is 3. The number of hydrogen-bond donors (Lipinski definition) is 1. The summed E-state index contributed by atoms with van der Waals surface area (Å²) in [5.74, 6) is -0.478. The molecule has 10 heavy (non-hydrogen) atoms. The van der Waals surface area contributed by atoms with E-state index in [0.717, 1.165) is 0 Å². The van der Waals surface area contributed by atoms with Crippen LogP contribution in [0.1, 0.15) is 20.8 Å². The van der Waals surface area contributed by atoms with Crippen molar-refractivity contribution in [3.8, 4) is 0 Å². The number of nitrogens with two attached hydrogens (primary N) is 1. The second-order valence-electron chi connectivity index (χ2n) is 2.47. The van der Waals surface area contributed by atoms with Crippen LogP contribution in [0.5, 0.6) is 0 Å². The van der Waals surface area contributed by atoms with Gasteiger partial charge in [-0.25, -0.2) is 0 Å². The van der Waals surface area contributed by atoms with Crippen LogP contribution in [0.2, 0.25) is 0 Å². The van der Waals surface area contributed by atoms with E-state index in [0.29, 0.717) is 19.8 Å². The smallest absolute Gasteiger partial charge is 0.162 e. The van der Waals surface area contributed by atoms with E-state index in [2.05, 4.69) is 0 Å². The van der Waals surface area contributed by atoms with Gasteiger partial charge in [-0.3, -0.25) is 0 Å². The molecule has 0 radical (unpaired) electrons. The van der Waals surface area contributed by atoms with Crippen molar-refractivity contribution in [1.29, 1.82) is 0 Å². The van der Waals surface area contributed by atoms with Crippen LogP contribution in [0.15, 0.2) is 0 Å². The molecule has 0 aliphatic rings. The predicted molar refractivity (Wildman–Crippen MR) is 40.7 cm³/mol. The Balaban J connectivity index is 3.42. The molecule has 0 aromatic heterocycles. The van der Waals surface area contributed by atoms with E-state index in [1.54, 1.807) is 0 Å². The molecule has 0 saturated carbocycles. The van der Waals surface area contributed by atoms with Gasteiger partial charge in [0.15, 0.2) is 5.79 Å². The van der Waals surface area contributed by atoms with Gasteiger partial charge in [-0.15, -0.1) is 0 Å². The fourth-order valence-electron chi connectivity index (χ4n) is 0.694. The minimum absolute atomic E-state index is 0.478. The number of ether oxygens (including phenoxy) is 2. The lowest BCUT2D eigenvalue weighted by Crippen LogP contribution is -2.30. The van der Waals surface area contributed by atoms with Crippen molar-refractivity contribution < 1.29 is 9.47 Å². The van der Waals surface area contributed by atoms with Gasteiger partial charge < -0.3 is 15.2 Å². The average molecular weight is 147 g/mol. The van der Waals surface area contributed by atoms with Crippen LogP contribution in [0.3, 0.4) is 0 Å². The molecule has 0 atom stereocenters. The summed E-state index contributed by atoms with van der Waals surface area (Å²) in [5.41, 5.74) is 5.25. The maximum absolute atomic E-state index is 5.27. The Hall–Kier alpha value is -0.120. The van der Waals surface area contributed by atoms with Crippen LogP contribution < -0.4 is 5.73 Å². The van der Waals surface area contributed by atoms with Crippen molar-refractivity contribution in [2.24, 2.45) is 5.73 Å². The third-order valence-corrected chi connectivity index (χ3v) is 1.06.